The van der Waals surface area contributed by atoms with Gasteiger partial charge in [0.2, 0.25) is 0 Å². The van der Waals surface area contributed by atoms with Crippen LogP contribution in [-0.2, 0) is 7.05 Å². The topological polar surface area (TPSA) is 94.3 Å². The predicted octanol–water partition coefficient (Wildman–Crippen LogP) is 1.08. The quantitative estimate of drug-likeness (QED) is 0.614. The number of hydrogen-bond donors (Lipinski definition) is 2. The van der Waals surface area contributed by atoms with Crippen molar-refractivity contribution >= 4 is 16.6 Å². The fourth-order valence-electron chi connectivity index (χ4n) is 1.87. The second-order valence-corrected chi connectivity index (χ2v) is 3.95. The first-order valence-electron chi connectivity index (χ1n) is 5.14. The molecule has 2 rings (SSSR count). The lowest BCUT2D eigenvalue weighted by atomic mass is 10.1. The van der Waals surface area contributed by atoms with Crippen LogP contribution in [0.5, 0.6) is 0 Å². The van der Waals surface area contributed by atoms with Gasteiger partial charge in [-0.3, -0.25) is 10.1 Å². The molecule has 3 N–H and O–H groups in total. The average molecular weight is 235 g/mol. The van der Waals surface area contributed by atoms with Crippen molar-refractivity contribution in [2.24, 2.45) is 12.8 Å². The van der Waals surface area contributed by atoms with Crippen molar-refractivity contribution in [1.29, 1.82) is 0 Å². The number of hydrogen-bond acceptors (Lipinski definition) is 4. The van der Waals surface area contributed by atoms with Gasteiger partial charge in [0.25, 0.3) is 5.69 Å². The third kappa shape index (κ3) is 1.88. The Hall–Kier alpha value is -1.92. The van der Waals surface area contributed by atoms with E-state index < -0.39 is 11.0 Å². The number of aliphatic hydroxyl groups excluding tert-OH is 1. The first-order chi connectivity index (χ1) is 8.04. The van der Waals surface area contributed by atoms with Crippen LogP contribution in [0.2, 0.25) is 0 Å². The summed E-state index contributed by atoms with van der Waals surface area (Å²) >= 11 is 0. The Kier molecular flexibility index (Phi) is 2.83. The van der Waals surface area contributed by atoms with Gasteiger partial charge in [0, 0.05) is 7.05 Å². The first kappa shape index (κ1) is 11.6. The second kappa shape index (κ2) is 4.15. The smallest absolute Gasteiger partial charge is 0.294 e. The van der Waals surface area contributed by atoms with Gasteiger partial charge in [-0.2, -0.15) is 0 Å². The number of nitrogens with two attached hydrogens (primary N) is 1. The number of nitrogens with zero attached hydrogens (tertiary/aromatic N) is 2. The molecule has 6 heteroatoms. The second-order valence-electron chi connectivity index (χ2n) is 3.95. The highest BCUT2D eigenvalue weighted by Crippen LogP contribution is 2.29. The lowest BCUT2D eigenvalue weighted by Gasteiger charge is -2.08. The van der Waals surface area contributed by atoms with Crippen molar-refractivity contribution < 1.29 is 10.0 Å². The molecule has 1 aromatic heterocycles. The van der Waals surface area contributed by atoms with E-state index >= 15 is 0 Å². The van der Waals surface area contributed by atoms with E-state index in [0.717, 1.165) is 5.52 Å². The minimum Gasteiger partial charge on any atom is -0.394 e. The monoisotopic (exact) mass is 235 g/mol. The van der Waals surface area contributed by atoms with Crippen molar-refractivity contribution in [3.05, 3.63) is 40.1 Å². The highest BCUT2D eigenvalue weighted by molar-refractivity contribution is 5.90. The van der Waals surface area contributed by atoms with Crippen molar-refractivity contribution in [1.82, 2.24) is 4.57 Å². The molecular formula is C11H13N3O3. The van der Waals surface area contributed by atoms with Crippen LogP contribution in [0.3, 0.4) is 0 Å². The summed E-state index contributed by atoms with van der Waals surface area (Å²) in [5.74, 6) is 0. The van der Waals surface area contributed by atoms with E-state index in [1.165, 1.54) is 6.20 Å². The molecule has 2 aromatic rings. The molecule has 0 radical (unpaired) electrons. The van der Waals surface area contributed by atoms with E-state index in [0.29, 0.717) is 10.9 Å². The van der Waals surface area contributed by atoms with Crippen LogP contribution < -0.4 is 5.73 Å². The Bertz CT molecular complexity index is 577. The number of benzene rings is 1. The van der Waals surface area contributed by atoms with E-state index in [9.17, 15) is 10.1 Å². The minimum absolute atomic E-state index is 0.0505. The molecule has 0 amide bonds. The van der Waals surface area contributed by atoms with Crippen molar-refractivity contribution in [2.75, 3.05) is 6.61 Å². The molecule has 1 aromatic carbocycles. The van der Waals surface area contributed by atoms with Crippen molar-refractivity contribution in [3.63, 3.8) is 0 Å². The van der Waals surface area contributed by atoms with Crippen LogP contribution in [-0.4, -0.2) is 21.2 Å². The van der Waals surface area contributed by atoms with Gasteiger partial charge in [0.05, 0.1) is 34.7 Å². The summed E-state index contributed by atoms with van der Waals surface area (Å²) in [6.45, 7) is -0.188. The molecule has 0 spiro atoms. The third-order valence-electron chi connectivity index (χ3n) is 2.81. The fourth-order valence-corrected chi connectivity index (χ4v) is 1.87. The molecule has 1 atom stereocenters. The van der Waals surface area contributed by atoms with Crippen LogP contribution in [0, 0.1) is 10.1 Å². The Morgan fingerprint density at radius 1 is 1.59 bits per heavy atom. The van der Waals surface area contributed by atoms with E-state index in [-0.39, 0.29) is 12.3 Å². The summed E-state index contributed by atoms with van der Waals surface area (Å²) in [4.78, 5) is 10.5. The molecule has 0 saturated carbocycles. The van der Waals surface area contributed by atoms with Crippen LogP contribution in [0.1, 0.15) is 11.6 Å². The Morgan fingerprint density at radius 3 is 2.88 bits per heavy atom. The van der Waals surface area contributed by atoms with E-state index in [1.807, 2.05) is 0 Å². The summed E-state index contributed by atoms with van der Waals surface area (Å²) in [7, 11) is 1.75. The molecule has 1 heterocycles. The lowest BCUT2D eigenvalue weighted by Crippen LogP contribution is -2.14. The maximum Gasteiger partial charge on any atom is 0.294 e. The predicted molar refractivity (Wildman–Crippen MR) is 63.6 cm³/mol. The van der Waals surface area contributed by atoms with Gasteiger partial charge in [0.1, 0.15) is 0 Å². The van der Waals surface area contributed by atoms with Crippen LogP contribution in [0.25, 0.3) is 10.9 Å². The minimum atomic E-state index is -0.515. The number of nitro groups is 1. The average Bonchev–Trinajstić information content (AvgIpc) is 2.65. The molecular weight excluding hydrogens is 222 g/mol. The molecule has 6 nitrogen and oxygen atoms in total. The summed E-state index contributed by atoms with van der Waals surface area (Å²) in [6.07, 6.45) is 1.47. The van der Waals surface area contributed by atoms with Crippen LogP contribution in [0.4, 0.5) is 5.69 Å². The van der Waals surface area contributed by atoms with E-state index in [1.54, 1.807) is 29.8 Å². The van der Waals surface area contributed by atoms with Gasteiger partial charge in [0.15, 0.2) is 0 Å². The highest BCUT2D eigenvalue weighted by Gasteiger charge is 2.17. The normalized spacial score (nSPS) is 12.9. The van der Waals surface area contributed by atoms with E-state index in [4.69, 9.17) is 10.8 Å². The maximum absolute atomic E-state index is 10.9. The number of fused-ring (bicyclic) bond motifs is 1. The fraction of sp³-hybridized carbons (Fsp3) is 0.273. The summed E-state index contributed by atoms with van der Waals surface area (Å²) in [5, 5.41) is 20.4. The maximum atomic E-state index is 10.9. The van der Waals surface area contributed by atoms with E-state index in [2.05, 4.69) is 0 Å². The van der Waals surface area contributed by atoms with Crippen molar-refractivity contribution in [2.45, 2.75) is 6.04 Å². The van der Waals surface area contributed by atoms with Gasteiger partial charge in [-0.25, -0.2) is 0 Å². The lowest BCUT2D eigenvalue weighted by molar-refractivity contribution is -0.383. The summed E-state index contributed by atoms with van der Waals surface area (Å²) in [6, 6.07) is 4.69. The molecule has 0 fully saturated rings. The zero-order chi connectivity index (χ0) is 12.6. The Balaban J connectivity index is 2.66. The molecule has 0 aliphatic rings. The van der Waals surface area contributed by atoms with Gasteiger partial charge < -0.3 is 15.4 Å². The number of rotatable bonds is 3. The Morgan fingerprint density at radius 2 is 2.29 bits per heavy atom. The molecule has 0 bridgehead atoms. The summed E-state index contributed by atoms with van der Waals surface area (Å²) < 4.78 is 1.70. The zero-order valence-electron chi connectivity index (χ0n) is 9.33. The largest absolute Gasteiger partial charge is 0.394 e. The SMILES string of the molecule is Cn1cc([N+](=O)[O-])c2cc(C(N)CO)ccc21. The third-order valence-corrected chi connectivity index (χ3v) is 2.81. The molecule has 17 heavy (non-hydrogen) atoms. The molecule has 90 valence electrons. The highest BCUT2D eigenvalue weighted by atomic mass is 16.6. The van der Waals surface area contributed by atoms with Gasteiger partial charge >= 0.3 is 0 Å². The summed E-state index contributed by atoms with van der Waals surface area (Å²) in [5.41, 5.74) is 7.20. The molecule has 1 unspecified atom stereocenters. The number of aryl methyl sites for hydroxylation is 1. The molecule has 0 aliphatic heterocycles. The number of aromatic nitrogens is 1. The standard InChI is InChI=1S/C11H13N3O3/c1-13-5-11(14(16)17)8-4-7(9(12)6-15)2-3-10(8)13/h2-5,9,15H,6,12H2,1H3. The van der Waals surface area contributed by atoms with Gasteiger partial charge in [-0.15, -0.1) is 0 Å². The molecule has 0 aliphatic carbocycles. The van der Waals surface area contributed by atoms with Crippen LogP contribution in [0.15, 0.2) is 24.4 Å². The van der Waals surface area contributed by atoms with Gasteiger partial charge in [-0.1, -0.05) is 6.07 Å². The Labute approximate surface area is 97.4 Å². The number of aliphatic hydroxyl groups is 1. The van der Waals surface area contributed by atoms with Gasteiger partial charge in [-0.05, 0) is 17.7 Å². The molecule has 0 saturated heterocycles. The first-order valence-corrected chi connectivity index (χ1v) is 5.14. The van der Waals surface area contributed by atoms with Crippen molar-refractivity contribution in [3.8, 4) is 0 Å². The zero-order valence-corrected chi connectivity index (χ0v) is 9.33. The van der Waals surface area contributed by atoms with Crippen LogP contribution >= 0.6 is 0 Å².